The van der Waals surface area contributed by atoms with Crippen LogP contribution in [0.5, 0.6) is 0 Å². The lowest BCUT2D eigenvalue weighted by atomic mass is 9.96. The van der Waals surface area contributed by atoms with Crippen molar-refractivity contribution in [2.45, 2.75) is 69.8 Å². The Labute approximate surface area is 188 Å². The number of unbranched alkanes of at least 4 members (excludes halogenated alkanes) is 2. The number of benzene rings is 1. The average molecular weight is 452 g/mol. The molecule has 178 valence electrons. The number of esters is 1. The molecule has 1 aromatic carbocycles. The highest BCUT2D eigenvalue weighted by Crippen LogP contribution is 2.35. The molecule has 2 unspecified atom stereocenters. The monoisotopic (exact) mass is 451 g/mol. The summed E-state index contributed by atoms with van der Waals surface area (Å²) >= 11 is 0. The quantitative estimate of drug-likeness (QED) is 0.381. The summed E-state index contributed by atoms with van der Waals surface area (Å²) in [7, 11) is 1.50. The minimum Gasteiger partial charge on any atom is -0.466 e. The Bertz CT molecular complexity index is 730. The van der Waals surface area contributed by atoms with Crippen molar-refractivity contribution >= 4 is 12.1 Å². The van der Waals surface area contributed by atoms with Gasteiger partial charge in [-0.1, -0.05) is 36.8 Å². The van der Waals surface area contributed by atoms with E-state index < -0.39 is 36.7 Å². The highest BCUT2D eigenvalue weighted by atomic mass is 16.7. The number of hydrogen-bond acceptors (Lipinski definition) is 8. The first-order chi connectivity index (χ1) is 15.6. The normalized spacial score (nSPS) is 27.2. The third-order valence-corrected chi connectivity index (χ3v) is 5.69. The molecule has 2 fully saturated rings. The van der Waals surface area contributed by atoms with Gasteiger partial charge in [0.25, 0.3) is 0 Å². The molecule has 2 aliphatic heterocycles. The number of aliphatic hydroxyl groups excluding tert-OH is 1. The van der Waals surface area contributed by atoms with Crippen LogP contribution >= 0.6 is 0 Å². The van der Waals surface area contributed by atoms with E-state index >= 15 is 0 Å². The molecule has 0 spiro atoms. The predicted octanol–water partition coefficient (Wildman–Crippen LogP) is 2.25. The summed E-state index contributed by atoms with van der Waals surface area (Å²) < 4.78 is 28.1. The molecule has 9 nitrogen and oxygen atoms in total. The minimum atomic E-state index is -0.739. The maximum absolute atomic E-state index is 12.7. The van der Waals surface area contributed by atoms with Crippen LogP contribution in [0, 0.1) is 0 Å². The van der Waals surface area contributed by atoms with Crippen molar-refractivity contribution in [1.82, 2.24) is 4.90 Å². The van der Waals surface area contributed by atoms with Crippen molar-refractivity contribution in [3.63, 3.8) is 0 Å². The number of carbonyl (C=O) groups excluding carboxylic acids is 2. The molecule has 0 aliphatic carbocycles. The molecule has 0 bridgehead atoms. The van der Waals surface area contributed by atoms with Crippen molar-refractivity contribution in [3.05, 3.63) is 35.9 Å². The fourth-order valence-corrected chi connectivity index (χ4v) is 4.15. The molecule has 0 saturated carbocycles. The zero-order valence-corrected chi connectivity index (χ0v) is 18.7. The largest absolute Gasteiger partial charge is 0.466 e. The number of amides is 1. The molecule has 1 aromatic rings. The summed E-state index contributed by atoms with van der Waals surface area (Å²) in [4.78, 5) is 25.7. The fourth-order valence-electron chi connectivity index (χ4n) is 4.15. The van der Waals surface area contributed by atoms with E-state index in [-0.39, 0.29) is 12.6 Å². The van der Waals surface area contributed by atoms with Gasteiger partial charge in [0.05, 0.1) is 13.2 Å². The maximum atomic E-state index is 12.7. The van der Waals surface area contributed by atoms with Crippen LogP contribution < -0.4 is 0 Å². The second-order valence-electron chi connectivity index (χ2n) is 7.86. The molecule has 3 rings (SSSR count). The lowest BCUT2D eigenvalue weighted by Crippen LogP contribution is -2.61. The molecule has 32 heavy (non-hydrogen) atoms. The first kappa shape index (κ1) is 24.4. The van der Waals surface area contributed by atoms with Crippen LogP contribution in [-0.2, 0) is 35.0 Å². The molecular formula is C23H33NO8. The Hall–Kier alpha value is -2.20. The van der Waals surface area contributed by atoms with Gasteiger partial charge in [0.15, 0.2) is 12.4 Å². The highest BCUT2D eigenvalue weighted by molar-refractivity contribution is 5.71. The Morgan fingerprint density at radius 1 is 1.19 bits per heavy atom. The predicted molar refractivity (Wildman–Crippen MR) is 114 cm³/mol. The molecule has 1 amide bonds. The summed E-state index contributed by atoms with van der Waals surface area (Å²) in [6.45, 7) is 2.64. The summed E-state index contributed by atoms with van der Waals surface area (Å²) in [5, 5.41) is 9.85. The number of carbonyl (C=O) groups is 2. The average Bonchev–Trinajstić information content (AvgIpc) is 3.12. The number of fused-ring (bicyclic) bond motifs is 1. The van der Waals surface area contributed by atoms with E-state index in [1.54, 1.807) is 11.8 Å². The van der Waals surface area contributed by atoms with Crippen molar-refractivity contribution in [1.29, 1.82) is 0 Å². The van der Waals surface area contributed by atoms with E-state index in [0.717, 1.165) is 18.4 Å². The fraction of sp³-hybridized carbons (Fsp3) is 0.652. The number of hydrogen-bond donors (Lipinski definition) is 1. The smallest absolute Gasteiger partial charge is 0.411 e. The lowest BCUT2D eigenvalue weighted by molar-refractivity contribution is -0.268. The standard InChI is InChI=1S/C23H33NO8/c1-3-29-18(26)12-8-5-9-13-30-20-17(15-25)31-22(28-2)19-21(20)32-23(27)24(19)14-16-10-6-4-7-11-16/h4,6-7,10-11,17,19-22,25H,3,5,8-9,12-15H2,1-2H3/t17?,19?,20-,21-,22+/m1/s1. The first-order valence-corrected chi connectivity index (χ1v) is 11.2. The maximum Gasteiger partial charge on any atom is 0.411 e. The Morgan fingerprint density at radius 3 is 2.66 bits per heavy atom. The van der Waals surface area contributed by atoms with E-state index in [4.69, 9.17) is 23.7 Å². The third kappa shape index (κ3) is 5.98. The topological polar surface area (TPSA) is 104 Å². The lowest BCUT2D eigenvalue weighted by Gasteiger charge is -2.42. The van der Waals surface area contributed by atoms with Crippen molar-refractivity contribution < 1.29 is 38.4 Å². The molecular weight excluding hydrogens is 418 g/mol. The van der Waals surface area contributed by atoms with Gasteiger partial charge in [-0.05, 0) is 25.3 Å². The van der Waals surface area contributed by atoms with Crippen molar-refractivity contribution in [2.24, 2.45) is 0 Å². The zero-order chi connectivity index (χ0) is 22.9. The van der Waals surface area contributed by atoms with Crippen LogP contribution in [0.15, 0.2) is 30.3 Å². The zero-order valence-electron chi connectivity index (χ0n) is 18.7. The van der Waals surface area contributed by atoms with Gasteiger partial charge in [-0.2, -0.15) is 0 Å². The summed E-state index contributed by atoms with van der Waals surface area (Å²) in [6, 6.07) is 9.12. The minimum absolute atomic E-state index is 0.195. The third-order valence-electron chi connectivity index (χ3n) is 5.69. The van der Waals surface area contributed by atoms with Crippen LogP contribution in [0.2, 0.25) is 0 Å². The van der Waals surface area contributed by atoms with E-state index in [1.165, 1.54) is 7.11 Å². The molecule has 0 aromatic heterocycles. The number of aliphatic hydroxyl groups is 1. The Balaban J connectivity index is 1.60. The summed E-state index contributed by atoms with van der Waals surface area (Å²) in [5.41, 5.74) is 0.961. The Kier molecular flexibility index (Phi) is 9.28. The van der Waals surface area contributed by atoms with Gasteiger partial charge in [0.1, 0.15) is 18.2 Å². The highest BCUT2D eigenvalue weighted by Gasteiger charge is 2.56. The molecule has 0 radical (unpaired) electrons. The molecule has 5 atom stereocenters. The van der Waals surface area contributed by atoms with Gasteiger partial charge in [-0.25, -0.2) is 4.79 Å². The molecule has 9 heteroatoms. The van der Waals surface area contributed by atoms with Crippen LogP contribution in [0.1, 0.15) is 38.2 Å². The van der Waals surface area contributed by atoms with E-state index in [1.807, 2.05) is 30.3 Å². The van der Waals surface area contributed by atoms with Gasteiger partial charge >= 0.3 is 12.1 Å². The van der Waals surface area contributed by atoms with Gasteiger partial charge in [0.2, 0.25) is 0 Å². The van der Waals surface area contributed by atoms with Crippen molar-refractivity contribution in [3.8, 4) is 0 Å². The molecule has 2 saturated heterocycles. The van der Waals surface area contributed by atoms with E-state index in [9.17, 15) is 14.7 Å². The van der Waals surface area contributed by atoms with Crippen LogP contribution in [0.4, 0.5) is 4.79 Å². The Morgan fingerprint density at radius 2 is 1.97 bits per heavy atom. The van der Waals surface area contributed by atoms with E-state index in [0.29, 0.717) is 32.6 Å². The van der Waals surface area contributed by atoms with Gasteiger partial charge < -0.3 is 28.8 Å². The second-order valence-corrected chi connectivity index (χ2v) is 7.86. The second kappa shape index (κ2) is 12.2. The summed E-state index contributed by atoms with van der Waals surface area (Å²) in [6.07, 6.45) is -0.506. The van der Waals surface area contributed by atoms with E-state index in [2.05, 4.69) is 0 Å². The number of rotatable bonds is 12. The summed E-state index contributed by atoms with van der Waals surface area (Å²) in [5.74, 6) is -0.195. The van der Waals surface area contributed by atoms with Gasteiger partial charge in [-0.15, -0.1) is 0 Å². The first-order valence-electron chi connectivity index (χ1n) is 11.2. The SMILES string of the molecule is CCOC(=O)CCCCCO[C@@H]1C(CO)O[C@H](OC)C2[C@H]1OC(=O)N2Cc1ccccc1. The van der Waals surface area contributed by atoms with Crippen LogP contribution in [0.25, 0.3) is 0 Å². The van der Waals surface area contributed by atoms with Crippen LogP contribution in [-0.4, -0.2) is 79.6 Å². The van der Waals surface area contributed by atoms with Gasteiger partial charge in [0, 0.05) is 26.7 Å². The number of ether oxygens (including phenoxy) is 5. The molecule has 2 aliphatic rings. The number of nitrogens with zero attached hydrogens (tertiary/aromatic N) is 1. The molecule has 2 heterocycles. The van der Waals surface area contributed by atoms with Crippen LogP contribution in [0.3, 0.4) is 0 Å². The number of methoxy groups -OCH3 is 1. The van der Waals surface area contributed by atoms with Crippen molar-refractivity contribution in [2.75, 3.05) is 26.9 Å². The van der Waals surface area contributed by atoms with Gasteiger partial charge in [-0.3, -0.25) is 9.69 Å². The molecule has 1 N–H and O–H groups in total.